The highest BCUT2D eigenvalue weighted by molar-refractivity contribution is 5.74. The zero-order valence-electron chi connectivity index (χ0n) is 27.4. The van der Waals surface area contributed by atoms with E-state index in [1.807, 2.05) is 0 Å². The fourth-order valence-electron chi connectivity index (χ4n) is 5.55. The summed E-state index contributed by atoms with van der Waals surface area (Å²) in [6.45, 7) is -0.199. The average Bonchev–Trinajstić information content (AvgIpc) is 3.05. The molecule has 276 valence electrons. The van der Waals surface area contributed by atoms with Crippen LogP contribution in [0.15, 0.2) is 0 Å². The van der Waals surface area contributed by atoms with Crippen LogP contribution in [0.2, 0.25) is 0 Å². The Hall–Kier alpha value is -1.54. The maximum Gasteiger partial charge on any atom is 0.334 e. The second-order valence-electron chi connectivity index (χ2n) is 12.3. The Kier molecular flexibility index (Phi) is 19.7. The van der Waals surface area contributed by atoms with E-state index >= 15 is 0 Å². The molecule has 0 aromatic carbocycles. The number of esters is 2. The zero-order valence-corrected chi connectivity index (χ0v) is 27.4. The third kappa shape index (κ3) is 14.1. The molecule has 16 heteroatoms. The van der Waals surface area contributed by atoms with Gasteiger partial charge in [0, 0.05) is 6.92 Å². The highest BCUT2D eigenvalue weighted by Gasteiger charge is 2.51. The SMILES string of the molecule is COC(=O)C(O)CCCCCCCCCCCCC(O)CO[C@@H]1O[C@H](COC(C)=O)[C@@H](O[C@@H]2O[C@H](CO)[C@@H](O)[C@H](O)[C@H]2O)[C@H](O)[C@H]1O. The van der Waals surface area contributed by atoms with Gasteiger partial charge >= 0.3 is 11.9 Å². The summed E-state index contributed by atoms with van der Waals surface area (Å²) in [5.41, 5.74) is 0. The van der Waals surface area contributed by atoms with E-state index in [4.69, 9.17) is 23.7 Å². The second-order valence-corrected chi connectivity index (χ2v) is 12.3. The van der Waals surface area contributed by atoms with Crippen LogP contribution >= 0.6 is 0 Å². The van der Waals surface area contributed by atoms with Gasteiger partial charge in [0.25, 0.3) is 0 Å². The Bertz CT molecular complexity index is 876. The van der Waals surface area contributed by atoms with Gasteiger partial charge in [0.15, 0.2) is 18.7 Å². The number of carbonyl (C=O) groups excluding carboxylic acids is 2. The smallest absolute Gasteiger partial charge is 0.334 e. The van der Waals surface area contributed by atoms with Crippen molar-refractivity contribution in [3.05, 3.63) is 0 Å². The Morgan fingerprint density at radius 2 is 1.23 bits per heavy atom. The maximum absolute atomic E-state index is 11.5. The fourth-order valence-corrected chi connectivity index (χ4v) is 5.55. The second kappa shape index (κ2) is 22.2. The lowest BCUT2D eigenvalue weighted by Crippen LogP contribution is -2.65. The van der Waals surface area contributed by atoms with Crippen molar-refractivity contribution >= 4 is 11.9 Å². The normalized spacial score (nSPS) is 32.5. The maximum atomic E-state index is 11.5. The minimum Gasteiger partial charge on any atom is -0.467 e. The predicted octanol–water partition coefficient (Wildman–Crippen LogP) is -1.23. The quantitative estimate of drug-likeness (QED) is 0.0491. The van der Waals surface area contributed by atoms with Crippen LogP contribution in [0.1, 0.15) is 84.0 Å². The van der Waals surface area contributed by atoms with E-state index in [2.05, 4.69) is 4.74 Å². The fraction of sp³-hybridized carbons (Fsp3) is 0.935. The molecule has 2 aliphatic heterocycles. The van der Waals surface area contributed by atoms with Gasteiger partial charge in [-0.15, -0.1) is 0 Å². The predicted molar refractivity (Wildman–Crippen MR) is 161 cm³/mol. The molecule has 2 unspecified atom stereocenters. The van der Waals surface area contributed by atoms with Gasteiger partial charge < -0.3 is 69.3 Å². The van der Waals surface area contributed by atoms with Gasteiger partial charge in [-0.05, 0) is 12.8 Å². The topological polar surface area (TPSA) is 251 Å². The Balaban J connectivity index is 1.69. The van der Waals surface area contributed by atoms with Crippen LogP contribution in [-0.4, -0.2) is 153 Å². The summed E-state index contributed by atoms with van der Waals surface area (Å²) in [5, 5.41) is 81.4. The molecule has 12 atom stereocenters. The molecule has 0 spiro atoms. The summed E-state index contributed by atoms with van der Waals surface area (Å²) >= 11 is 0. The van der Waals surface area contributed by atoms with E-state index in [0.717, 1.165) is 71.1 Å². The third-order valence-electron chi connectivity index (χ3n) is 8.42. The summed E-state index contributed by atoms with van der Waals surface area (Å²) in [5.74, 6) is -1.26. The van der Waals surface area contributed by atoms with Crippen LogP contribution in [0.25, 0.3) is 0 Å². The number of ether oxygens (including phenoxy) is 6. The van der Waals surface area contributed by atoms with Crippen LogP contribution in [-0.2, 0) is 38.0 Å². The largest absolute Gasteiger partial charge is 0.467 e. The summed E-state index contributed by atoms with van der Waals surface area (Å²) in [6.07, 6.45) is -6.77. The number of rotatable bonds is 22. The van der Waals surface area contributed by atoms with Gasteiger partial charge in [-0.1, -0.05) is 64.2 Å². The molecule has 2 heterocycles. The van der Waals surface area contributed by atoms with Crippen molar-refractivity contribution < 1.29 is 78.9 Å². The molecule has 2 saturated heterocycles. The van der Waals surface area contributed by atoms with Crippen molar-refractivity contribution in [3.63, 3.8) is 0 Å². The van der Waals surface area contributed by atoms with Crippen LogP contribution < -0.4 is 0 Å². The molecule has 8 N–H and O–H groups in total. The summed E-state index contributed by atoms with van der Waals surface area (Å²) in [4.78, 5) is 22.6. The van der Waals surface area contributed by atoms with Crippen LogP contribution in [0, 0.1) is 0 Å². The summed E-state index contributed by atoms with van der Waals surface area (Å²) in [6, 6.07) is 0. The van der Waals surface area contributed by atoms with Gasteiger partial charge in [0.2, 0.25) is 0 Å². The lowest BCUT2D eigenvalue weighted by atomic mass is 9.97. The van der Waals surface area contributed by atoms with E-state index in [1.54, 1.807) is 0 Å². The van der Waals surface area contributed by atoms with E-state index in [9.17, 15) is 50.4 Å². The first-order valence-corrected chi connectivity index (χ1v) is 16.6. The van der Waals surface area contributed by atoms with Crippen molar-refractivity contribution in [2.75, 3.05) is 26.9 Å². The van der Waals surface area contributed by atoms with Crippen molar-refractivity contribution in [1.29, 1.82) is 0 Å². The van der Waals surface area contributed by atoms with Gasteiger partial charge in [-0.3, -0.25) is 4.79 Å². The Morgan fingerprint density at radius 1 is 0.702 bits per heavy atom. The van der Waals surface area contributed by atoms with Gasteiger partial charge in [-0.2, -0.15) is 0 Å². The van der Waals surface area contributed by atoms with E-state index in [0.29, 0.717) is 12.8 Å². The molecular weight excluding hydrogens is 628 g/mol. The number of unbranched alkanes of at least 4 members (excludes halogenated alkanes) is 9. The minimum absolute atomic E-state index is 0.205. The number of carbonyl (C=O) groups is 2. The molecule has 2 aliphatic rings. The molecular formula is C31H56O16. The van der Waals surface area contributed by atoms with Crippen molar-refractivity contribution in [3.8, 4) is 0 Å². The number of aliphatic hydroxyl groups is 8. The Morgan fingerprint density at radius 3 is 1.79 bits per heavy atom. The average molecular weight is 685 g/mol. The molecule has 0 aliphatic carbocycles. The molecule has 0 radical (unpaired) electrons. The lowest BCUT2D eigenvalue weighted by Gasteiger charge is -2.46. The summed E-state index contributed by atoms with van der Waals surface area (Å²) in [7, 11) is 1.26. The number of hydrogen-bond acceptors (Lipinski definition) is 16. The molecule has 16 nitrogen and oxygen atoms in total. The first-order valence-electron chi connectivity index (χ1n) is 16.6. The summed E-state index contributed by atoms with van der Waals surface area (Å²) < 4.78 is 31.8. The van der Waals surface area contributed by atoms with E-state index in [1.165, 1.54) is 7.11 Å². The highest BCUT2D eigenvalue weighted by atomic mass is 16.7. The molecule has 47 heavy (non-hydrogen) atoms. The number of hydrogen-bond donors (Lipinski definition) is 8. The lowest BCUT2D eigenvalue weighted by molar-refractivity contribution is -0.360. The molecule has 2 fully saturated rings. The van der Waals surface area contributed by atoms with Crippen molar-refractivity contribution in [1.82, 2.24) is 0 Å². The monoisotopic (exact) mass is 684 g/mol. The van der Waals surface area contributed by atoms with Crippen LogP contribution in [0.4, 0.5) is 0 Å². The molecule has 0 aromatic heterocycles. The molecule has 2 rings (SSSR count). The number of aliphatic hydroxyl groups excluding tert-OH is 8. The third-order valence-corrected chi connectivity index (χ3v) is 8.42. The molecule has 0 saturated carbocycles. The molecule has 0 aromatic rings. The highest BCUT2D eigenvalue weighted by Crippen LogP contribution is 2.30. The standard InChI is InChI=1S/C31H56O16/c1-18(33)43-17-22-28(47-31-26(39)24(37)23(36)21(15-32)45-31)25(38)27(40)30(46-22)44-16-19(34)13-11-9-7-5-3-4-6-8-10-12-14-20(35)29(41)42-2/h19-28,30-32,34-40H,3-17H2,1-2H3/t19?,20?,21-,22-,23-,24+,25-,26-,27-,28-,30-,31+/m1/s1. The zero-order chi connectivity index (χ0) is 34.9. The van der Waals surface area contributed by atoms with Crippen molar-refractivity contribution in [2.24, 2.45) is 0 Å². The number of methoxy groups -OCH3 is 1. The molecule has 0 bridgehead atoms. The van der Waals surface area contributed by atoms with Gasteiger partial charge in [0.05, 0.1) is 26.4 Å². The van der Waals surface area contributed by atoms with Gasteiger partial charge in [0.1, 0.15) is 55.4 Å². The molecule has 0 amide bonds. The van der Waals surface area contributed by atoms with E-state index < -0.39 is 98.8 Å². The first-order chi connectivity index (χ1) is 22.4. The van der Waals surface area contributed by atoms with E-state index in [-0.39, 0.29) is 6.61 Å². The van der Waals surface area contributed by atoms with Gasteiger partial charge in [-0.25, -0.2) is 4.79 Å². The van der Waals surface area contributed by atoms with Crippen molar-refractivity contribution in [2.45, 2.75) is 158 Å². The Labute approximate surface area is 275 Å². The van der Waals surface area contributed by atoms with Crippen LogP contribution in [0.5, 0.6) is 0 Å². The van der Waals surface area contributed by atoms with Crippen LogP contribution in [0.3, 0.4) is 0 Å². The minimum atomic E-state index is -1.78. The first kappa shape index (κ1) is 41.6.